The molecule has 1 spiro atoms. The van der Waals surface area contributed by atoms with Crippen LogP contribution in [0.15, 0.2) is 212 Å². The molecule has 9 aromatic carbocycles. The molecule has 13 rings (SSSR count). The van der Waals surface area contributed by atoms with Crippen molar-refractivity contribution in [1.82, 2.24) is 0 Å². The van der Waals surface area contributed by atoms with Crippen molar-refractivity contribution in [1.29, 1.82) is 0 Å². The minimum Gasteiger partial charge on any atom is -0.455 e. The molecule has 4 heteroatoms. The van der Waals surface area contributed by atoms with E-state index in [2.05, 4.69) is 217 Å². The molecule has 0 saturated heterocycles. The van der Waals surface area contributed by atoms with Gasteiger partial charge in [0.05, 0.1) is 10.3 Å². The van der Waals surface area contributed by atoms with Gasteiger partial charge in [-0.2, -0.15) is 0 Å². The second-order valence-corrected chi connectivity index (χ2v) is 18.1. The zero-order chi connectivity index (χ0) is 40.1. The lowest BCUT2D eigenvalue weighted by Gasteiger charge is -2.37. The van der Waals surface area contributed by atoms with Crippen molar-refractivity contribution >= 4 is 70.0 Å². The monoisotopic (exact) mass is 813 g/mol. The van der Waals surface area contributed by atoms with Crippen molar-refractivity contribution in [2.24, 2.45) is 0 Å². The standard InChI is InChI=1S/C57H35NOS2/c1-2-12-36(13-3-1)37-22-24-38(25-23-37)39-26-28-40(29-27-39)58(42-30-32-46-45-16-6-11-21-52(45)60-54(46)35-42)41-31-33-53-47(34-41)55-56(61-53)57(50-19-9-10-20-51(50)59-55)48-17-7-4-14-43(48)44-15-5-8-18-49(44)57/h1-35H. The van der Waals surface area contributed by atoms with Crippen LogP contribution in [0.5, 0.6) is 11.5 Å². The number of para-hydroxylation sites is 1. The van der Waals surface area contributed by atoms with Gasteiger partial charge < -0.3 is 9.64 Å². The molecular weight excluding hydrogens is 779 g/mol. The maximum Gasteiger partial charge on any atom is 0.150 e. The van der Waals surface area contributed by atoms with Gasteiger partial charge in [0.25, 0.3) is 0 Å². The predicted octanol–water partition coefficient (Wildman–Crippen LogP) is 16.5. The number of hydrogen-bond donors (Lipinski definition) is 0. The Morgan fingerprint density at radius 3 is 1.62 bits per heavy atom. The third-order valence-corrected chi connectivity index (χ3v) is 15.2. The molecule has 1 aliphatic heterocycles. The van der Waals surface area contributed by atoms with E-state index >= 15 is 0 Å². The van der Waals surface area contributed by atoms with E-state index in [0.29, 0.717) is 0 Å². The molecule has 0 amide bonds. The highest BCUT2D eigenvalue weighted by molar-refractivity contribution is 7.25. The van der Waals surface area contributed by atoms with Gasteiger partial charge in [-0.25, -0.2) is 0 Å². The first-order chi connectivity index (χ1) is 30.2. The van der Waals surface area contributed by atoms with Crippen LogP contribution in [0.25, 0.3) is 63.6 Å². The van der Waals surface area contributed by atoms with Crippen LogP contribution in [0.1, 0.15) is 21.6 Å². The lowest BCUT2D eigenvalue weighted by Crippen LogP contribution is -2.30. The van der Waals surface area contributed by atoms with Crippen LogP contribution in [0.4, 0.5) is 17.1 Å². The molecule has 2 aromatic heterocycles. The quantitative estimate of drug-likeness (QED) is 0.172. The van der Waals surface area contributed by atoms with Gasteiger partial charge in [0.2, 0.25) is 0 Å². The smallest absolute Gasteiger partial charge is 0.150 e. The van der Waals surface area contributed by atoms with Crippen molar-refractivity contribution in [3.63, 3.8) is 0 Å². The number of thiophene rings is 2. The van der Waals surface area contributed by atoms with Crippen LogP contribution in [0.3, 0.4) is 0 Å². The molecule has 0 fully saturated rings. The maximum atomic E-state index is 7.08. The first kappa shape index (κ1) is 34.6. The summed E-state index contributed by atoms with van der Waals surface area (Å²) in [4.78, 5) is 3.64. The molecule has 1 aliphatic carbocycles. The van der Waals surface area contributed by atoms with E-state index in [1.165, 1.54) is 79.8 Å². The van der Waals surface area contributed by atoms with Crippen LogP contribution in [0.2, 0.25) is 0 Å². The minimum absolute atomic E-state index is 0.484. The van der Waals surface area contributed by atoms with Crippen molar-refractivity contribution < 1.29 is 4.74 Å². The molecule has 0 saturated carbocycles. The van der Waals surface area contributed by atoms with E-state index in [-0.39, 0.29) is 0 Å². The average molecular weight is 814 g/mol. The van der Waals surface area contributed by atoms with E-state index in [4.69, 9.17) is 4.74 Å². The van der Waals surface area contributed by atoms with Crippen molar-refractivity contribution in [3.8, 4) is 44.9 Å². The molecule has 286 valence electrons. The van der Waals surface area contributed by atoms with Gasteiger partial charge in [-0.1, -0.05) is 158 Å². The Balaban J connectivity index is 0.981. The van der Waals surface area contributed by atoms with E-state index in [1.807, 2.05) is 22.7 Å². The molecular formula is C57H35NOS2. The molecule has 0 N–H and O–H groups in total. The summed E-state index contributed by atoms with van der Waals surface area (Å²) in [5, 5.41) is 3.71. The van der Waals surface area contributed by atoms with Crippen LogP contribution in [0, 0.1) is 0 Å². The summed E-state index contributed by atoms with van der Waals surface area (Å²) >= 11 is 3.71. The van der Waals surface area contributed by atoms with Crippen LogP contribution < -0.4 is 9.64 Å². The Morgan fingerprint density at radius 1 is 0.361 bits per heavy atom. The number of anilines is 3. The zero-order valence-electron chi connectivity index (χ0n) is 32.9. The first-order valence-electron chi connectivity index (χ1n) is 20.7. The molecule has 3 heterocycles. The van der Waals surface area contributed by atoms with E-state index < -0.39 is 5.41 Å². The van der Waals surface area contributed by atoms with E-state index in [0.717, 1.165) is 33.9 Å². The van der Waals surface area contributed by atoms with Gasteiger partial charge in [-0.15, -0.1) is 22.7 Å². The third kappa shape index (κ3) is 5.13. The lowest BCUT2D eigenvalue weighted by atomic mass is 9.69. The Labute approximate surface area is 361 Å². The topological polar surface area (TPSA) is 12.5 Å². The summed E-state index contributed by atoms with van der Waals surface area (Å²) in [6, 6.07) is 77.6. The van der Waals surface area contributed by atoms with Crippen LogP contribution in [-0.4, -0.2) is 0 Å². The predicted molar refractivity (Wildman–Crippen MR) is 258 cm³/mol. The molecule has 2 aliphatic rings. The Bertz CT molecular complexity index is 3460. The zero-order valence-corrected chi connectivity index (χ0v) is 34.5. The minimum atomic E-state index is -0.484. The van der Waals surface area contributed by atoms with Crippen molar-refractivity contribution in [3.05, 3.63) is 234 Å². The molecule has 61 heavy (non-hydrogen) atoms. The highest BCUT2D eigenvalue weighted by Gasteiger charge is 2.52. The van der Waals surface area contributed by atoms with Gasteiger partial charge in [0.15, 0.2) is 5.75 Å². The molecule has 0 radical (unpaired) electrons. The van der Waals surface area contributed by atoms with Crippen molar-refractivity contribution in [2.75, 3.05) is 4.90 Å². The Morgan fingerprint density at radius 2 is 0.885 bits per heavy atom. The number of rotatable bonds is 5. The summed E-state index contributed by atoms with van der Waals surface area (Å²) in [6.45, 7) is 0. The van der Waals surface area contributed by atoms with E-state index in [1.54, 1.807) is 0 Å². The summed E-state index contributed by atoms with van der Waals surface area (Å²) in [7, 11) is 0. The third-order valence-electron chi connectivity index (χ3n) is 12.8. The van der Waals surface area contributed by atoms with Gasteiger partial charge in [-0.05, 0) is 99.1 Å². The summed E-state index contributed by atoms with van der Waals surface area (Å²) in [6.07, 6.45) is 0. The molecule has 0 atom stereocenters. The lowest BCUT2D eigenvalue weighted by molar-refractivity contribution is 0.447. The van der Waals surface area contributed by atoms with Crippen LogP contribution in [-0.2, 0) is 5.41 Å². The Kier molecular flexibility index (Phi) is 7.59. The fourth-order valence-corrected chi connectivity index (χ4v) is 12.5. The molecule has 2 nitrogen and oxygen atoms in total. The molecule has 11 aromatic rings. The van der Waals surface area contributed by atoms with Gasteiger partial charge in [0, 0.05) is 52.9 Å². The number of benzene rings is 9. The number of fused-ring (bicyclic) bond motifs is 14. The highest BCUT2D eigenvalue weighted by Crippen LogP contribution is 2.65. The largest absolute Gasteiger partial charge is 0.455 e. The second kappa shape index (κ2) is 13.4. The maximum absolute atomic E-state index is 7.08. The fraction of sp³-hybridized carbons (Fsp3) is 0.0175. The van der Waals surface area contributed by atoms with Gasteiger partial charge >= 0.3 is 0 Å². The number of ether oxygens (including phenoxy) is 1. The van der Waals surface area contributed by atoms with Gasteiger partial charge in [0.1, 0.15) is 5.75 Å². The first-order valence-corrected chi connectivity index (χ1v) is 22.4. The number of nitrogens with zero attached hydrogens (tertiary/aromatic N) is 1. The summed E-state index contributed by atoms with van der Waals surface area (Å²) < 4.78 is 10.9. The van der Waals surface area contributed by atoms with E-state index in [9.17, 15) is 0 Å². The number of hydrogen-bond acceptors (Lipinski definition) is 4. The molecule has 0 unspecified atom stereocenters. The normalized spacial score (nSPS) is 13.2. The highest BCUT2D eigenvalue weighted by atomic mass is 32.1. The molecule has 0 bridgehead atoms. The SMILES string of the molecule is c1ccc(-c2ccc(-c3ccc(N(c4ccc5c(c4)sc4ccccc45)c4ccc5sc6c(c5c4)Oc4ccccc4C64c5ccccc5-c5ccccc54)cc3)cc2)cc1. The Hall–Kier alpha value is -7.24. The second-order valence-electron chi connectivity index (χ2n) is 16.0. The average Bonchev–Trinajstić information content (AvgIpc) is 3.98. The van der Waals surface area contributed by atoms with Crippen molar-refractivity contribution in [2.45, 2.75) is 5.41 Å². The summed E-state index contributed by atoms with van der Waals surface area (Å²) in [5.41, 5.74) is 14.0. The summed E-state index contributed by atoms with van der Waals surface area (Å²) in [5.74, 6) is 1.85. The fourth-order valence-electron chi connectivity index (χ4n) is 10.0. The van der Waals surface area contributed by atoms with Gasteiger partial charge in [-0.3, -0.25) is 0 Å². The van der Waals surface area contributed by atoms with Crippen LogP contribution >= 0.6 is 22.7 Å².